The highest BCUT2D eigenvalue weighted by atomic mass is 35.5. The van der Waals surface area contributed by atoms with E-state index < -0.39 is 0 Å². The minimum absolute atomic E-state index is 0.0457. The quantitative estimate of drug-likeness (QED) is 0.871. The highest BCUT2D eigenvalue weighted by molar-refractivity contribution is 6.30. The van der Waals surface area contributed by atoms with E-state index in [-0.39, 0.29) is 6.03 Å². The summed E-state index contributed by atoms with van der Waals surface area (Å²) in [4.78, 5) is 13.5. The lowest BCUT2D eigenvalue weighted by molar-refractivity contribution is 0.206. The van der Waals surface area contributed by atoms with E-state index in [9.17, 15) is 4.79 Å². The minimum atomic E-state index is -0.0457. The molecule has 0 fully saturated rings. The van der Waals surface area contributed by atoms with Gasteiger partial charge in [-0.05, 0) is 30.0 Å². The van der Waals surface area contributed by atoms with Gasteiger partial charge in [0.1, 0.15) is 0 Å². The Balaban J connectivity index is 2.40. The van der Waals surface area contributed by atoms with Gasteiger partial charge in [-0.1, -0.05) is 37.6 Å². The number of nitrogens with zero attached hydrogens (tertiary/aromatic N) is 1. The van der Waals surface area contributed by atoms with Crippen molar-refractivity contribution in [3.05, 3.63) is 34.9 Å². The lowest BCUT2D eigenvalue weighted by Crippen LogP contribution is -2.37. The zero-order valence-corrected chi connectivity index (χ0v) is 12.0. The summed E-state index contributed by atoms with van der Waals surface area (Å²) in [6.07, 6.45) is 0.997. The van der Waals surface area contributed by atoms with Crippen LogP contribution in [0.25, 0.3) is 0 Å². The van der Waals surface area contributed by atoms with Crippen molar-refractivity contribution in [3.8, 4) is 0 Å². The Labute approximate surface area is 114 Å². The van der Waals surface area contributed by atoms with E-state index in [1.54, 1.807) is 11.9 Å². The molecule has 1 aromatic rings. The van der Waals surface area contributed by atoms with Gasteiger partial charge in [-0.25, -0.2) is 4.79 Å². The van der Waals surface area contributed by atoms with Gasteiger partial charge in [0.15, 0.2) is 0 Å². The molecule has 0 saturated carbocycles. The van der Waals surface area contributed by atoms with Crippen LogP contribution in [0, 0.1) is 5.92 Å². The standard InChI is InChI=1S/C14H21ClN2O/c1-11(2)7-8-16-14(18)17(3)10-12-5-4-6-13(15)9-12/h4-6,9,11H,7-8,10H2,1-3H3,(H,16,18). The van der Waals surface area contributed by atoms with Crippen LogP contribution >= 0.6 is 11.6 Å². The van der Waals surface area contributed by atoms with Gasteiger partial charge in [-0.2, -0.15) is 0 Å². The molecule has 1 aromatic carbocycles. The average molecular weight is 269 g/mol. The maximum atomic E-state index is 11.8. The molecule has 0 atom stereocenters. The lowest BCUT2D eigenvalue weighted by atomic mass is 10.1. The van der Waals surface area contributed by atoms with Crippen molar-refractivity contribution in [2.75, 3.05) is 13.6 Å². The Morgan fingerprint density at radius 1 is 1.44 bits per heavy atom. The van der Waals surface area contributed by atoms with Gasteiger partial charge >= 0.3 is 6.03 Å². The average Bonchev–Trinajstić information content (AvgIpc) is 2.28. The number of hydrogen-bond acceptors (Lipinski definition) is 1. The molecule has 4 heteroatoms. The van der Waals surface area contributed by atoms with Crippen molar-refractivity contribution >= 4 is 17.6 Å². The van der Waals surface area contributed by atoms with E-state index in [0.717, 1.165) is 18.5 Å². The highest BCUT2D eigenvalue weighted by Gasteiger charge is 2.08. The molecule has 18 heavy (non-hydrogen) atoms. The normalized spacial score (nSPS) is 10.5. The number of amides is 2. The van der Waals surface area contributed by atoms with E-state index in [1.165, 1.54) is 0 Å². The molecule has 0 aliphatic rings. The van der Waals surface area contributed by atoms with Crippen molar-refractivity contribution in [2.45, 2.75) is 26.8 Å². The molecule has 0 bridgehead atoms. The Kier molecular flexibility index (Phi) is 5.99. The van der Waals surface area contributed by atoms with E-state index in [1.807, 2.05) is 24.3 Å². The third kappa shape index (κ3) is 5.41. The van der Waals surface area contributed by atoms with Gasteiger partial charge in [0.05, 0.1) is 0 Å². The number of carbonyl (C=O) groups is 1. The molecule has 100 valence electrons. The van der Waals surface area contributed by atoms with E-state index in [0.29, 0.717) is 17.5 Å². The fraction of sp³-hybridized carbons (Fsp3) is 0.500. The van der Waals surface area contributed by atoms with Gasteiger partial charge in [0.25, 0.3) is 0 Å². The Morgan fingerprint density at radius 2 is 2.17 bits per heavy atom. The summed E-state index contributed by atoms with van der Waals surface area (Å²) in [7, 11) is 1.78. The van der Waals surface area contributed by atoms with Gasteiger partial charge in [-0.15, -0.1) is 0 Å². The summed E-state index contributed by atoms with van der Waals surface area (Å²) in [5, 5.41) is 3.60. The topological polar surface area (TPSA) is 32.3 Å². The number of benzene rings is 1. The van der Waals surface area contributed by atoms with Crippen molar-refractivity contribution in [3.63, 3.8) is 0 Å². The summed E-state index contributed by atoms with van der Waals surface area (Å²) in [5.74, 6) is 0.600. The number of urea groups is 1. The monoisotopic (exact) mass is 268 g/mol. The fourth-order valence-corrected chi connectivity index (χ4v) is 1.80. The predicted octanol–water partition coefficient (Wildman–Crippen LogP) is 3.53. The first kappa shape index (κ1) is 14.8. The van der Waals surface area contributed by atoms with Crippen LogP contribution in [0.2, 0.25) is 5.02 Å². The van der Waals surface area contributed by atoms with Crippen molar-refractivity contribution in [1.29, 1.82) is 0 Å². The number of rotatable bonds is 5. The number of hydrogen-bond donors (Lipinski definition) is 1. The van der Waals surface area contributed by atoms with Crippen LogP contribution in [-0.4, -0.2) is 24.5 Å². The summed E-state index contributed by atoms with van der Waals surface area (Å²) in [6.45, 7) is 5.56. The van der Waals surface area contributed by atoms with E-state index in [2.05, 4.69) is 19.2 Å². The summed E-state index contributed by atoms with van der Waals surface area (Å²) in [5.41, 5.74) is 1.03. The van der Waals surface area contributed by atoms with Gasteiger partial charge in [0, 0.05) is 25.2 Å². The molecule has 0 heterocycles. The highest BCUT2D eigenvalue weighted by Crippen LogP contribution is 2.12. The molecule has 0 spiro atoms. The molecular weight excluding hydrogens is 248 g/mol. The lowest BCUT2D eigenvalue weighted by Gasteiger charge is -2.18. The van der Waals surface area contributed by atoms with E-state index >= 15 is 0 Å². The molecule has 0 unspecified atom stereocenters. The van der Waals surface area contributed by atoms with Crippen LogP contribution in [0.3, 0.4) is 0 Å². The maximum Gasteiger partial charge on any atom is 0.317 e. The van der Waals surface area contributed by atoms with Crippen molar-refractivity contribution in [1.82, 2.24) is 10.2 Å². The second-order valence-electron chi connectivity index (χ2n) is 4.90. The van der Waals surface area contributed by atoms with Crippen molar-refractivity contribution < 1.29 is 4.79 Å². The first-order valence-corrected chi connectivity index (χ1v) is 6.60. The van der Waals surface area contributed by atoms with Gasteiger partial charge in [0.2, 0.25) is 0 Å². The molecule has 1 rings (SSSR count). The molecule has 0 saturated heterocycles. The third-order valence-electron chi connectivity index (χ3n) is 2.65. The number of halogens is 1. The largest absolute Gasteiger partial charge is 0.338 e. The molecule has 0 aliphatic carbocycles. The number of carbonyl (C=O) groups excluding carboxylic acids is 1. The van der Waals surface area contributed by atoms with Crippen molar-refractivity contribution in [2.24, 2.45) is 5.92 Å². The zero-order valence-electron chi connectivity index (χ0n) is 11.2. The first-order valence-electron chi connectivity index (χ1n) is 6.22. The SMILES string of the molecule is CC(C)CCNC(=O)N(C)Cc1cccc(Cl)c1. The van der Waals surface area contributed by atoms with Crippen LogP contribution in [0.1, 0.15) is 25.8 Å². The second-order valence-corrected chi connectivity index (χ2v) is 5.34. The molecule has 2 amide bonds. The minimum Gasteiger partial charge on any atom is -0.338 e. The van der Waals surface area contributed by atoms with Crippen LogP contribution < -0.4 is 5.32 Å². The summed E-state index contributed by atoms with van der Waals surface area (Å²) < 4.78 is 0. The second kappa shape index (κ2) is 7.27. The molecule has 1 N–H and O–H groups in total. The van der Waals surface area contributed by atoms with Crippen LogP contribution in [-0.2, 0) is 6.54 Å². The Bertz CT molecular complexity index is 393. The van der Waals surface area contributed by atoms with Crippen LogP contribution in [0.4, 0.5) is 4.79 Å². The van der Waals surface area contributed by atoms with Crippen LogP contribution in [0.5, 0.6) is 0 Å². The third-order valence-corrected chi connectivity index (χ3v) is 2.89. The van der Waals surface area contributed by atoms with E-state index in [4.69, 9.17) is 11.6 Å². The smallest absolute Gasteiger partial charge is 0.317 e. The molecule has 0 radical (unpaired) electrons. The fourth-order valence-electron chi connectivity index (χ4n) is 1.58. The number of nitrogens with one attached hydrogen (secondary N) is 1. The molecule has 0 aromatic heterocycles. The Hall–Kier alpha value is -1.22. The van der Waals surface area contributed by atoms with Gasteiger partial charge < -0.3 is 10.2 Å². The first-order chi connectivity index (χ1) is 8.49. The maximum absolute atomic E-state index is 11.8. The zero-order chi connectivity index (χ0) is 13.5. The molecular formula is C14H21ClN2O. The van der Waals surface area contributed by atoms with Crippen LogP contribution in [0.15, 0.2) is 24.3 Å². The van der Waals surface area contributed by atoms with Gasteiger partial charge in [-0.3, -0.25) is 0 Å². The summed E-state index contributed by atoms with van der Waals surface area (Å²) >= 11 is 5.91. The Morgan fingerprint density at radius 3 is 2.78 bits per heavy atom. The molecule has 0 aliphatic heterocycles. The molecule has 3 nitrogen and oxygen atoms in total. The predicted molar refractivity (Wildman–Crippen MR) is 75.8 cm³/mol. The summed E-state index contributed by atoms with van der Waals surface area (Å²) in [6, 6.07) is 7.51.